The van der Waals surface area contributed by atoms with Crippen LogP contribution in [-0.4, -0.2) is 30.7 Å². The molecule has 0 aliphatic carbocycles. The minimum Gasteiger partial charge on any atom is -0.388 e. The molecule has 0 saturated heterocycles. The lowest BCUT2D eigenvalue weighted by atomic mass is 9.97. The van der Waals surface area contributed by atoms with Gasteiger partial charge in [0.2, 0.25) is 0 Å². The van der Waals surface area contributed by atoms with E-state index >= 15 is 0 Å². The van der Waals surface area contributed by atoms with E-state index in [-0.39, 0.29) is 0 Å². The normalized spacial score (nSPS) is 9.35. The first-order valence-corrected chi connectivity index (χ1v) is 6.00. The number of benzene rings is 1. The number of carbonyl (C=O) groups is 1. The molecule has 0 fully saturated rings. The highest BCUT2D eigenvalue weighted by Crippen LogP contribution is 2.28. The standard InChI is InChI=1S/C13H11N3O.C2H6O/c1-8-13(9(2)16-15-8)12-5-10(7-17)3-4-11(12)6-14;1-3-2/h3-5,7H,1-2H3,(H,15,16);1-2H3. The average Bonchev–Trinajstić information content (AvgIpc) is 2.78. The second kappa shape index (κ2) is 7.22. The zero-order chi connectivity index (χ0) is 15.1. The van der Waals surface area contributed by atoms with Gasteiger partial charge in [-0.2, -0.15) is 10.4 Å². The number of hydrogen-bond donors (Lipinski definition) is 1. The lowest BCUT2D eigenvalue weighted by molar-refractivity contribution is 0.112. The molecule has 0 aliphatic heterocycles. The van der Waals surface area contributed by atoms with Crippen molar-refractivity contribution in [2.75, 3.05) is 14.2 Å². The average molecular weight is 271 g/mol. The summed E-state index contributed by atoms with van der Waals surface area (Å²) < 4.78 is 4.25. The Bertz CT molecular complexity index is 620. The monoisotopic (exact) mass is 271 g/mol. The van der Waals surface area contributed by atoms with Crippen LogP contribution in [0, 0.1) is 25.2 Å². The van der Waals surface area contributed by atoms with E-state index in [1.165, 1.54) is 0 Å². The fraction of sp³-hybridized carbons (Fsp3) is 0.267. The summed E-state index contributed by atoms with van der Waals surface area (Å²) in [6, 6.07) is 7.15. The maximum absolute atomic E-state index is 10.8. The number of aryl methyl sites for hydroxylation is 2. The first-order valence-electron chi connectivity index (χ1n) is 6.00. The number of aromatic nitrogens is 2. The number of rotatable bonds is 2. The van der Waals surface area contributed by atoms with E-state index < -0.39 is 0 Å². The van der Waals surface area contributed by atoms with Gasteiger partial charge in [-0.05, 0) is 26.0 Å². The van der Waals surface area contributed by atoms with Crippen molar-refractivity contribution in [3.8, 4) is 17.2 Å². The summed E-state index contributed by atoms with van der Waals surface area (Å²) in [6.07, 6.45) is 0.773. The lowest BCUT2D eigenvalue weighted by Gasteiger charge is -2.05. The quantitative estimate of drug-likeness (QED) is 0.851. The van der Waals surface area contributed by atoms with Crippen LogP contribution in [0.4, 0.5) is 0 Å². The summed E-state index contributed by atoms with van der Waals surface area (Å²) in [6.45, 7) is 3.76. The van der Waals surface area contributed by atoms with E-state index in [9.17, 15) is 4.79 Å². The number of aldehydes is 1. The Kier molecular flexibility index (Phi) is 5.63. The molecule has 0 radical (unpaired) electrons. The molecule has 0 aliphatic rings. The highest BCUT2D eigenvalue weighted by atomic mass is 16.4. The largest absolute Gasteiger partial charge is 0.388 e. The molecular formula is C15H17N3O2. The SMILES string of the molecule is COC.Cc1n[nH]c(C)c1-c1cc(C=O)ccc1C#N. The number of nitriles is 1. The van der Waals surface area contributed by atoms with Gasteiger partial charge in [0.05, 0.1) is 17.3 Å². The Hall–Kier alpha value is -2.45. The van der Waals surface area contributed by atoms with Gasteiger partial charge in [0, 0.05) is 36.6 Å². The molecule has 1 heterocycles. The van der Waals surface area contributed by atoms with Gasteiger partial charge in [-0.25, -0.2) is 0 Å². The van der Waals surface area contributed by atoms with E-state index in [2.05, 4.69) is 21.0 Å². The molecule has 5 heteroatoms. The molecule has 104 valence electrons. The first-order chi connectivity index (χ1) is 9.58. The van der Waals surface area contributed by atoms with Crippen LogP contribution in [0.25, 0.3) is 11.1 Å². The van der Waals surface area contributed by atoms with Crippen LogP contribution in [-0.2, 0) is 4.74 Å². The number of carbonyl (C=O) groups excluding carboxylic acids is 1. The summed E-state index contributed by atoms with van der Waals surface area (Å²) in [5.74, 6) is 0. The van der Waals surface area contributed by atoms with Gasteiger partial charge in [-0.1, -0.05) is 6.07 Å². The van der Waals surface area contributed by atoms with Crippen molar-refractivity contribution in [1.82, 2.24) is 10.2 Å². The van der Waals surface area contributed by atoms with Crippen LogP contribution in [0.15, 0.2) is 18.2 Å². The summed E-state index contributed by atoms with van der Waals surface area (Å²) >= 11 is 0. The van der Waals surface area contributed by atoms with Gasteiger partial charge in [0.15, 0.2) is 0 Å². The number of nitrogens with zero attached hydrogens (tertiary/aromatic N) is 2. The zero-order valence-electron chi connectivity index (χ0n) is 12.0. The summed E-state index contributed by atoms with van der Waals surface area (Å²) in [7, 11) is 3.25. The van der Waals surface area contributed by atoms with Gasteiger partial charge in [-0.15, -0.1) is 0 Å². The Morgan fingerprint density at radius 2 is 2.00 bits per heavy atom. The zero-order valence-corrected chi connectivity index (χ0v) is 12.0. The maximum atomic E-state index is 10.8. The molecule has 2 rings (SSSR count). The van der Waals surface area contributed by atoms with Crippen molar-refractivity contribution in [3.05, 3.63) is 40.7 Å². The van der Waals surface area contributed by atoms with Crippen LogP contribution < -0.4 is 0 Å². The van der Waals surface area contributed by atoms with Gasteiger partial charge in [-0.3, -0.25) is 9.89 Å². The molecule has 5 nitrogen and oxygen atoms in total. The van der Waals surface area contributed by atoms with E-state index in [1.807, 2.05) is 13.8 Å². The third-order valence-corrected chi connectivity index (χ3v) is 2.70. The van der Waals surface area contributed by atoms with Gasteiger partial charge in [0.25, 0.3) is 0 Å². The third-order valence-electron chi connectivity index (χ3n) is 2.70. The molecule has 20 heavy (non-hydrogen) atoms. The molecule has 1 N–H and O–H groups in total. The van der Waals surface area contributed by atoms with E-state index in [4.69, 9.17) is 5.26 Å². The summed E-state index contributed by atoms with van der Waals surface area (Å²) in [4.78, 5) is 10.8. The van der Waals surface area contributed by atoms with Crippen molar-refractivity contribution in [3.63, 3.8) is 0 Å². The maximum Gasteiger partial charge on any atom is 0.150 e. The highest BCUT2D eigenvalue weighted by Gasteiger charge is 2.13. The molecule has 0 saturated carbocycles. The highest BCUT2D eigenvalue weighted by molar-refractivity contribution is 5.82. The van der Waals surface area contributed by atoms with Crippen LogP contribution in [0.5, 0.6) is 0 Å². The number of methoxy groups -OCH3 is 1. The molecule has 2 aromatic rings. The fourth-order valence-electron chi connectivity index (χ4n) is 1.89. The molecule has 1 aromatic heterocycles. The van der Waals surface area contributed by atoms with Crippen LogP contribution >= 0.6 is 0 Å². The molecule has 1 aromatic carbocycles. The molecule has 0 atom stereocenters. The predicted octanol–water partition coefficient (Wildman–Crippen LogP) is 2.64. The minimum absolute atomic E-state index is 0.545. The molecule has 0 unspecified atom stereocenters. The smallest absolute Gasteiger partial charge is 0.150 e. The Labute approximate surface area is 118 Å². The Morgan fingerprint density at radius 3 is 2.45 bits per heavy atom. The van der Waals surface area contributed by atoms with Gasteiger partial charge in [0.1, 0.15) is 6.29 Å². The second-order valence-electron chi connectivity index (χ2n) is 4.25. The number of aromatic amines is 1. The summed E-state index contributed by atoms with van der Waals surface area (Å²) in [5.41, 5.74) is 4.46. The molecule has 0 bridgehead atoms. The van der Waals surface area contributed by atoms with Crippen molar-refractivity contribution >= 4 is 6.29 Å². The molecular weight excluding hydrogens is 254 g/mol. The van der Waals surface area contributed by atoms with E-state index in [0.717, 1.165) is 28.8 Å². The van der Waals surface area contributed by atoms with E-state index in [1.54, 1.807) is 32.4 Å². The van der Waals surface area contributed by atoms with Gasteiger partial charge >= 0.3 is 0 Å². The Morgan fingerprint density at radius 1 is 1.35 bits per heavy atom. The lowest BCUT2D eigenvalue weighted by Crippen LogP contribution is -1.90. The topological polar surface area (TPSA) is 78.8 Å². The second-order valence-corrected chi connectivity index (χ2v) is 4.25. The minimum atomic E-state index is 0.545. The van der Waals surface area contributed by atoms with Crippen molar-refractivity contribution < 1.29 is 9.53 Å². The number of hydrogen-bond acceptors (Lipinski definition) is 4. The van der Waals surface area contributed by atoms with Crippen molar-refractivity contribution in [1.29, 1.82) is 5.26 Å². The number of H-pyrrole nitrogens is 1. The van der Waals surface area contributed by atoms with Crippen LogP contribution in [0.3, 0.4) is 0 Å². The van der Waals surface area contributed by atoms with Crippen molar-refractivity contribution in [2.45, 2.75) is 13.8 Å². The van der Waals surface area contributed by atoms with Crippen LogP contribution in [0.1, 0.15) is 27.3 Å². The van der Waals surface area contributed by atoms with E-state index in [0.29, 0.717) is 11.1 Å². The van der Waals surface area contributed by atoms with Crippen molar-refractivity contribution in [2.24, 2.45) is 0 Å². The third kappa shape index (κ3) is 3.31. The molecule has 0 amide bonds. The summed E-state index contributed by atoms with van der Waals surface area (Å²) in [5, 5.41) is 16.1. The number of ether oxygens (including phenoxy) is 1. The Balaban J connectivity index is 0.000000612. The van der Waals surface area contributed by atoms with Gasteiger partial charge < -0.3 is 4.74 Å². The molecule has 0 spiro atoms. The predicted molar refractivity (Wildman–Crippen MR) is 76.5 cm³/mol. The van der Waals surface area contributed by atoms with Crippen LogP contribution in [0.2, 0.25) is 0 Å². The fourth-order valence-corrected chi connectivity index (χ4v) is 1.89. The first kappa shape index (κ1) is 15.6. The number of nitrogens with one attached hydrogen (secondary N) is 1.